The Morgan fingerprint density at radius 1 is 1.43 bits per heavy atom. The molecule has 1 amide bonds. The number of alkyl carbamates (subject to hydrolysis) is 1. The minimum absolute atomic E-state index is 0.0806. The van der Waals surface area contributed by atoms with Crippen LogP contribution in [0, 0.1) is 24.2 Å². The maximum atomic E-state index is 12.8. The first-order valence-corrected chi connectivity index (χ1v) is 12.5. The molecule has 0 spiro atoms. The number of nitriles is 1. The molecule has 0 aliphatic heterocycles. The minimum Gasteiger partial charge on any atom is -0.449 e. The number of ether oxygens (including phenoxy) is 1. The first-order chi connectivity index (χ1) is 16.9. The summed E-state index contributed by atoms with van der Waals surface area (Å²) < 4.78 is 10.5. The number of fused-ring (bicyclic) bond motifs is 1. The predicted molar refractivity (Wildman–Crippen MR) is 130 cm³/mol. The highest BCUT2D eigenvalue weighted by atomic mass is 32.1. The van der Waals surface area contributed by atoms with E-state index in [-0.39, 0.29) is 30.6 Å². The number of hydrogen-bond acceptors (Lipinski definition) is 8. The highest BCUT2D eigenvalue weighted by molar-refractivity contribution is 7.12. The number of rotatable bonds is 9. The third kappa shape index (κ3) is 6.34. The van der Waals surface area contributed by atoms with Gasteiger partial charge in [-0.15, -0.1) is 11.3 Å². The second-order valence-electron chi connectivity index (χ2n) is 9.02. The Balaban J connectivity index is 1.30. The van der Waals surface area contributed by atoms with Crippen molar-refractivity contribution in [2.24, 2.45) is 5.92 Å². The van der Waals surface area contributed by atoms with Crippen LogP contribution in [0.5, 0.6) is 0 Å². The van der Waals surface area contributed by atoms with E-state index in [1.165, 1.54) is 0 Å². The number of nitrogens with one attached hydrogen (secondary N) is 1. The van der Waals surface area contributed by atoms with Crippen LogP contribution in [0.3, 0.4) is 0 Å². The van der Waals surface area contributed by atoms with Crippen LogP contribution in [-0.4, -0.2) is 28.6 Å². The Morgan fingerprint density at radius 3 is 3.00 bits per heavy atom. The number of hydrogen-bond donors (Lipinski definition) is 1. The highest BCUT2D eigenvalue weighted by Crippen LogP contribution is 2.37. The van der Waals surface area contributed by atoms with E-state index in [0.29, 0.717) is 24.4 Å². The number of pyridine rings is 1. The van der Waals surface area contributed by atoms with Gasteiger partial charge < -0.3 is 14.6 Å². The van der Waals surface area contributed by atoms with Crippen molar-refractivity contribution in [1.82, 2.24) is 15.5 Å². The molecule has 1 N–H and O–H groups in total. The molecule has 8 nitrogen and oxygen atoms in total. The molecule has 0 fully saturated rings. The van der Waals surface area contributed by atoms with E-state index in [1.807, 2.05) is 26.0 Å². The third-order valence-corrected chi connectivity index (χ3v) is 7.49. The van der Waals surface area contributed by atoms with Crippen LogP contribution in [0.25, 0.3) is 0 Å². The molecule has 0 radical (unpaired) electrons. The molecule has 2 atom stereocenters. The lowest BCUT2D eigenvalue weighted by molar-refractivity contribution is -0.118. The SMILES string of the molecule is Cc1cc(CNC(=O)OCC2CCc3c(sc(CC(=O)CC(C)c4cccnc4)c3C#N)C2)on1. The molecule has 182 valence electrons. The number of thiophene rings is 1. The van der Waals surface area contributed by atoms with E-state index in [4.69, 9.17) is 9.26 Å². The largest absolute Gasteiger partial charge is 0.449 e. The fraction of sp³-hybridized carbons (Fsp3) is 0.423. The van der Waals surface area contributed by atoms with Crippen molar-refractivity contribution in [3.8, 4) is 6.07 Å². The topological polar surface area (TPSA) is 118 Å². The van der Waals surface area contributed by atoms with Crippen LogP contribution in [0.2, 0.25) is 0 Å². The van der Waals surface area contributed by atoms with Crippen LogP contribution in [-0.2, 0) is 35.3 Å². The van der Waals surface area contributed by atoms with Gasteiger partial charge in [0.25, 0.3) is 0 Å². The molecule has 0 saturated carbocycles. The fourth-order valence-corrected chi connectivity index (χ4v) is 5.84. The van der Waals surface area contributed by atoms with E-state index < -0.39 is 6.09 Å². The van der Waals surface area contributed by atoms with E-state index in [1.54, 1.807) is 29.8 Å². The Labute approximate surface area is 208 Å². The first kappa shape index (κ1) is 24.6. The van der Waals surface area contributed by atoms with Crippen molar-refractivity contribution >= 4 is 23.2 Å². The van der Waals surface area contributed by atoms with Gasteiger partial charge >= 0.3 is 6.09 Å². The molecule has 3 heterocycles. The summed E-state index contributed by atoms with van der Waals surface area (Å²) in [6, 6.07) is 7.94. The van der Waals surface area contributed by atoms with Gasteiger partial charge in [0, 0.05) is 41.1 Å². The van der Waals surface area contributed by atoms with Gasteiger partial charge in [-0.2, -0.15) is 5.26 Å². The molecule has 3 aromatic heterocycles. The zero-order valence-corrected chi connectivity index (χ0v) is 20.7. The Bertz CT molecular complexity index is 1230. The van der Waals surface area contributed by atoms with E-state index in [0.717, 1.165) is 45.8 Å². The number of carbonyl (C=O) groups is 2. The normalized spacial score (nSPS) is 15.6. The molecule has 4 rings (SSSR count). The maximum absolute atomic E-state index is 12.8. The Morgan fingerprint density at radius 2 is 2.29 bits per heavy atom. The molecule has 0 bridgehead atoms. The molecular weight excluding hydrogens is 464 g/mol. The molecule has 35 heavy (non-hydrogen) atoms. The fourth-order valence-electron chi connectivity index (χ4n) is 4.39. The van der Waals surface area contributed by atoms with E-state index in [9.17, 15) is 14.9 Å². The van der Waals surface area contributed by atoms with Crippen molar-refractivity contribution < 1.29 is 18.8 Å². The van der Waals surface area contributed by atoms with Gasteiger partial charge in [0.15, 0.2) is 5.76 Å². The van der Waals surface area contributed by atoms with Crippen molar-refractivity contribution in [1.29, 1.82) is 5.26 Å². The summed E-state index contributed by atoms with van der Waals surface area (Å²) in [5.74, 6) is 0.952. The van der Waals surface area contributed by atoms with Crippen molar-refractivity contribution in [2.45, 2.75) is 58.4 Å². The zero-order valence-electron chi connectivity index (χ0n) is 19.9. The molecule has 2 unspecified atom stereocenters. The minimum atomic E-state index is -0.497. The average molecular weight is 493 g/mol. The summed E-state index contributed by atoms with van der Waals surface area (Å²) in [6.45, 7) is 4.36. The summed E-state index contributed by atoms with van der Waals surface area (Å²) in [7, 11) is 0. The zero-order chi connectivity index (χ0) is 24.8. The van der Waals surface area contributed by atoms with Gasteiger partial charge in [0.1, 0.15) is 11.9 Å². The third-order valence-electron chi connectivity index (χ3n) is 6.23. The summed E-state index contributed by atoms with van der Waals surface area (Å²) in [5.41, 5.74) is 3.51. The van der Waals surface area contributed by atoms with E-state index >= 15 is 0 Å². The molecule has 0 aromatic carbocycles. The number of aromatic nitrogens is 2. The first-order valence-electron chi connectivity index (χ1n) is 11.7. The van der Waals surface area contributed by atoms with Crippen molar-refractivity contribution in [2.75, 3.05) is 6.61 Å². The van der Waals surface area contributed by atoms with Crippen LogP contribution in [0.15, 0.2) is 35.1 Å². The number of nitrogens with zero attached hydrogens (tertiary/aromatic N) is 3. The Kier molecular flexibility index (Phi) is 7.93. The monoisotopic (exact) mass is 492 g/mol. The molecule has 9 heteroatoms. The lowest BCUT2D eigenvalue weighted by Crippen LogP contribution is -2.27. The number of aryl methyl sites for hydroxylation is 1. The molecule has 1 aliphatic carbocycles. The molecular formula is C26H28N4O4S. The van der Waals surface area contributed by atoms with Crippen molar-refractivity contribution in [3.63, 3.8) is 0 Å². The van der Waals surface area contributed by atoms with Gasteiger partial charge in [-0.05, 0) is 55.2 Å². The average Bonchev–Trinajstić information content (AvgIpc) is 3.43. The van der Waals surface area contributed by atoms with Crippen molar-refractivity contribution in [3.05, 3.63) is 68.5 Å². The summed E-state index contributed by atoms with van der Waals surface area (Å²) in [4.78, 5) is 30.9. The summed E-state index contributed by atoms with van der Waals surface area (Å²) >= 11 is 1.55. The van der Waals surface area contributed by atoms with Gasteiger partial charge in [0.05, 0.1) is 24.4 Å². The second kappa shape index (κ2) is 11.3. The van der Waals surface area contributed by atoms with Gasteiger partial charge in [-0.1, -0.05) is 18.1 Å². The number of ketones is 1. The number of Topliss-reactive ketones (excluding diaryl/α,β-unsaturated/α-hetero) is 1. The van der Waals surface area contributed by atoms with Gasteiger partial charge in [-0.3, -0.25) is 9.78 Å². The molecule has 1 aliphatic rings. The van der Waals surface area contributed by atoms with Crippen LogP contribution >= 0.6 is 11.3 Å². The standard InChI is InChI=1S/C26H28N4O4S/c1-16(19-4-3-7-28-13-19)8-20(31)11-25-23(12-27)22-6-5-18(10-24(22)35-25)15-33-26(32)29-14-21-9-17(2)30-34-21/h3-4,7,9,13,16,18H,5-6,8,10-11,14-15H2,1-2H3,(H,29,32). The van der Waals surface area contributed by atoms with Gasteiger partial charge in [-0.25, -0.2) is 4.79 Å². The predicted octanol–water partition coefficient (Wildman–Crippen LogP) is 4.65. The van der Waals surface area contributed by atoms with Crippen LogP contribution in [0.4, 0.5) is 4.79 Å². The van der Waals surface area contributed by atoms with Crippen LogP contribution < -0.4 is 5.32 Å². The second-order valence-corrected chi connectivity index (χ2v) is 10.2. The lowest BCUT2D eigenvalue weighted by atomic mass is 9.87. The van der Waals surface area contributed by atoms with Crippen LogP contribution in [0.1, 0.15) is 63.6 Å². The maximum Gasteiger partial charge on any atom is 0.407 e. The summed E-state index contributed by atoms with van der Waals surface area (Å²) in [6.07, 6.45) is 6.03. The quantitative estimate of drug-likeness (QED) is 0.462. The number of amides is 1. The smallest absolute Gasteiger partial charge is 0.407 e. The van der Waals surface area contributed by atoms with E-state index in [2.05, 4.69) is 21.5 Å². The molecule has 0 saturated heterocycles. The summed E-state index contributed by atoms with van der Waals surface area (Å²) in [5, 5.41) is 16.2. The van der Waals surface area contributed by atoms with Gasteiger partial charge in [0.2, 0.25) is 0 Å². The number of carbonyl (C=O) groups excluding carboxylic acids is 2. The molecule has 3 aromatic rings. The Hall–Kier alpha value is -3.51. The highest BCUT2D eigenvalue weighted by Gasteiger charge is 2.27. The lowest BCUT2D eigenvalue weighted by Gasteiger charge is -2.21.